The quantitative estimate of drug-likeness (QED) is 0.694. The fourth-order valence-electron chi connectivity index (χ4n) is 1.21. The van der Waals surface area contributed by atoms with Crippen molar-refractivity contribution in [3.05, 3.63) is 0 Å². The molecule has 1 heterocycles. The molecule has 0 atom stereocenters. The third-order valence-corrected chi connectivity index (χ3v) is 2.07. The Labute approximate surface area is 87.7 Å². The van der Waals surface area contributed by atoms with E-state index in [9.17, 15) is 0 Å². The number of ether oxygens (including phenoxy) is 1. The average Bonchev–Trinajstić information content (AvgIpc) is 2.65. The molecule has 0 aromatic heterocycles. The third kappa shape index (κ3) is 9.36. The summed E-state index contributed by atoms with van der Waals surface area (Å²) in [6.45, 7) is 5.90. The normalized spacial score (nSPS) is 14.0. The SMILES string of the molecule is CCCCCCCC.NC1=NCCO1. The summed E-state index contributed by atoms with van der Waals surface area (Å²) in [5.41, 5.74) is 5.06. The van der Waals surface area contributed by atoms with Gasteiger partial charge in [-0.3, -0.25) is 0 Å². The van der Waals surface area contributed by atoms with Gasteiger partial charge in [-0.25, -0.2) is 4.99 Å². The van der Waals surface area contributed by atoms with Crippen LogP contribution in [0.5, 0.6) is 0 Å². The van der Waals surface area contributed by atoms with E-state index in [2.05, 4.69) is 23.6 Å². The van der Waals surface area contributed by atoms with Crippen molar-refractivity contribution in [2.24, 2.45) is 10.7 Å². The van der Waals surface area contributed by atoms with Crippen LogP contribution in [0.15, 0.2) is 4.99 Å². The number of nitrogens with zero attached hydrogens (tertiary/aromatic N) is 1. The third-order valence-electron chi connectivity index (χ3n) is 2.07. The van der Waals surface area contributed by atoms with E-state index in [1.807, 2.05) is 0 Å². The van der Waals surface area contributed by atoms with E-state index in [0.717, 1.165) is 6.54 Å². The van der Waals surface area contributed by atoms with Crippen LogP contribution < -0.4 is 5.73 Å². The highest BCUT2D eigenvalue weighted by Crippen LogP contribution is 2.03. The fraction of sp³-hybridized carbons (Fsp3) is 0.909. The van der Waals surface area contributed by atoms with Crippen LogP contribution in [-0.2, 0) is 4.74 Å². The van der Waals surface area contributed by atoms with E-state index in [-0.39, 0.29) is 0 Å². The molecule has 0 bridgehead atoms. The van der Waals surface area contributed by atoms with Gasteiger partial charge in [0.15, 0.2) is 0 Å². The first kappa shape index (κ1) is 13.3. The van der Waals surface area contributed by atoms with E-state index in [0.29, 0.717) is 12.6 Å². The monoisotopic (exact) mass is 200 g/mol. The van der Waals surface area contributed by atoms with E-state index in [1.165, 1.54) is 38.5 Å². The van der Waals surface area contributed by atoms with Crippen molar-refractivity contribution >= 4 is 6.02 Å². The molecule has 0 aromatic carbocycles. The largest absolute Gasteiger partial charge is 0.463 e. The maximum Gasteiger partial charge on any atom is 0.282 e. The molecule has 0 unspecified atom stereocenters. The molecule has 0 amide bonds. The summed E-state index contributed by atoms with van der Waals surface area (Å²) in [7, 11) is 0. The lowest BCUT2D eigenvalue weighted by molar-refractivity contribution is 0.342. The Bertz CT molecular complexity index is 140. The van der Waals surface area contributed by atoms with Crippen molar-refractivity contribution in [1.29, 1.82) is 0 Å². The number of amidine groups is 1. The Morgan fingerprint density at radius 1 is 1.14 bits per heavy atom. The summed E-state index contributed by atoms with van der Waals surface area (Å²) in [4.78, 5) is 3.71. The minimum Gasteiger partial charge on any atom is -0.463 e. The Hall–Kier alpha value is -0.730. The van der Waals surface area contributed by atoms with Gasteiger partial charge >= 0.3 is 0 Å². The smallest absolute Gasteiger partial charge is 0.282 e. The number of rotatable bonds is 5. The molecule has 1 rings (SSSR count). The van der Waals surface area contributed by atoms with Crippen LogP contribution in [0.1, 0.15) is 52.4 Å². The van der Waals surface area contributed by atoms with Gasteiger partial charge in [0.2, 0.25) is 0 Å². The Kier molecular flexibility index (Phi) is 9.81. The van der Waals surface area contributed by atoms with E-state index in [4.69, 9.17) is 5.73 Å². The van der Waals surface area contributed by atoms with Crippen LogP contribution >= 0.6 is 0 Å². The number of aliphatic imine (C=N–C) groups is 1. The Morgan fingerprint density at radius 3 is 1.93 bits per heavy atom. The average molecular weight is 200 g/mol. The summed E-state index contributed by atoms with van der Waals surface area (Å²) in [6, 6.07) is 0.329. The summed E-state index contributed by atoms with van der Waals surface area (Å²) in [6.07, 6.45) is 8.49. The number of hydrogen-bond donors (Lipinski definition) is 1. The van der Waals surface area contributed by atoms with Gasteiger partial charge in [0.05, 0.1) is 6.54 Å². The predicted octanol–water partition coefficient (Wildman–Crippen LogP) is 2.70. The summed E-state index contributed by atoms with van der Waals surface area (Å²) >= 11 is 0. The summed E-state index contributed by atoms with van der Waals surface area (Å²) in [5.74, 6) is 0. The first-order valence-corrected chi connectivity index (χ1v) is 5.74. The highest BCUT2D eigenvalue weighted by Gasteiger charge is 1.97. The standard InChI is InChI=1S/C8H18.C3H6N2O/c1-3-5-7-8-6-4-2;4-3-5-1-2-6-3/h3-8H2,1-2H3;1-2H2,(H2,4,5). The van der Waals surface area contributed by atoms with Crippen molar-refractivity contribution in [1.82, 2.24) is 0 Å². The topological polar surface area (TPSA) is 47.6 Å². The van der Waals surface area contributed by atoms with Gasteiger partial charge in [0.25, 0.3) is 6.02 Å². The highest BCUT2D eigenvalue weighted by molar-refractivity contribution is 5.72. The van der Waals surface area contributed by atoms with Crippen molar-refractivity contribution in [3.8, 4) is 0 Å². The molecule has 1 aliphatic rings. The molecule has 1 aliphatic heterocycles. The van der Waals surface area contributed by atoms with Crippen molar-refractivity contribution < 1.29 is 4.74 Å². The molecule has 0 radical (unpaired) electrons. The molecule has 0 aromatic rings. The van der Waals surface area contributed by atoms with Gasteiger partial charge < -0.3 is 10.5 Å². The van der Waals surface area contributed by atoms with Crippen LogP contribution in [0, 0.1) is 0 Å². The van der Waals surface area contributed by atoms with Gasteiger partial charge in [-0.2, -0.15) is 0 Å². The van der Waals surface area contributed by atoms with Crippen LogP contribution in [-0.4, -0.2) is 19.2 Å². The fourth-order valence-corrected chi connectivity index (χ4v) is 1.21. The molecule has 0 saturated heterocycles. The summed E-state index contributed by atoms with van der Waals surface area (Å²) in [5, 5.41) is 0. The predicted molar refractivity (Wildman–Crippen MR) is 61.5 cm³/mol. The molecule has 0 spiro atoms. The number of hydrogen-bond acceptors (Lipinski definition) is 3. The zero-order valence-corrected chi connectivity index (χ0v) is 9.59. The molecule has 2 N–H and O–H groups in total. The van der Waals surface area contributed by atoms with Crippen LogP contribution in [0.3, 0.4) is 0 Å². The van der Waals surface area contributed by atoms with Crippen molar-refractivity contribution in [3.63, 3.8) is 0 Å². The highest BCUT2D eigenvalue weighted by atomic mass is 16.5. The van der Waals surface area contributed by atoms with Crippen LogP contribution in [0.2, 0.25) is 0 Å². The van der Waals surface area contributed by atoms with Gasteiger partial charge in [0.1, 0.15) is 6.61 Å². The Balaban J connectivity index is 0.000000249. The van der Waals surface area contributed by atoms with Crippen molar-refractivity contribution in [2.75, 3.05) is 13.2 Å². The lowest BCUT2D eigenvalue weighted by Gasteiger charge is -1.93. The number of unbranched alkanes of at least 4 members (excludes halogenated alkanes) is 5. The Morgan fingerprint density at radius 2 is 1.71 bits per heavy atom. The first-order valence-electron chi connectivity index (χ1n) is 5.74. The second kappa shape index (κ2) is 10.4. The second-order valence-electron chi connectivity index (χ2n) is 3.48. The van der Waals surface area contributed by atoms with Crippen LogP contribution in [0.25, 0.3) is 0 Å². The zero-order valence-electron chi connectivity index (χ0n) is 9.59. The van der Waals surface area contributed by atoms with Gasteiger partial charge in [-0.15, -0.1) is 0 Å². The molecule has 0 saturated carbocycles. The van der Waals surface area contributed by atoms with Gasteiger partial charge in [-0.05, 0) is 0 Å². The summed E-state index contributed by atoms with van der Waals surface area (Å²) < 4.78 is 4.68. The molecule has 3 heteroatoms. The lowest BCUT2D eigenvalue weighted by Crippen LogP contribution is -2.10. The maximum absolute atomic E-state index is 5.06. The van der Waals surface area contributed by atoms with Crippen LogP contribution in [0.4, 0.5) is 0 Å². The molecule has 14 heavy (non-hydrogen) atoms. The van der Waals surface area contributed by atoms with Gasteiger partial charge in [0, 0.05) is 0 Å². The van der Waals surface area contributed by atoms with Gasteiger partial charge in [-0.1, -0.05) is 52.4 Å². The molecule has 84 valence electrons. The maximum atomic E-state index is 5.06. The minimum absolute atomic E-state index is 0.329. The molecular weight excluding hydrogens is 176 g/mol. The van der Waals surface area contributed by atoms with E-state index >= 15 is 0 Å². The lowest BCUT2D eigenvalue weighted by atomic mass is 10.1. The molecular formula is C11H24N2O. The van der Waals surface area contributed by atoms with Crippen molar-refractivity contribution in [2.45, 2.75) is 52.4 Å². The van der Waals surface area contributed by atoms with E-state index in [1.54, 1.807) is 0 Å². The molecule has 0 aliphatic carbocycles. The molecule has 0 fully saturated rings. The first-order chi connectivity index (χ1) is 6.81. The van der Waals surface area contributed by atoms with E-state index < -0.39 is 0 Å². The number of nitrogens with two attached hydrogens (primary N) is 1. The molecule has 3 nitrogen and oxygen atoms in total. The minimum atomic E-state index is 0.329. The second-order valence-corrected chi connectivity index (χ2v) is 3.48. The zero-order chi connectivity index (χ0) is 10.6.